The van der Waals surface area contributed by atoms with Crippen molar-refractivity contribution in [3.63, 3.8) is 0 Å². The number of rotatable bonds is 6. The number of nitriles is 1. The smallest absolute Gasteiger partial charge is 0.288 e. The van der Waals surface area contributed by atoms with Crippen molar-refractivity contribution in [1.82, 2.24) is 19.4 Å². The lowest BCUT2D eigenvalue weighted by atomic mass is 9.98. The molecule has 0 N–H and O–H groups in total. The van der Waals surface area contributed by atoms with Gasteiger partial charge in [0.2, 0.25) is 0 Å². The molecule has 0 spiro atoms. The maximum absolute atomic E-state index is 14.9. The molecule has 40 heavy (non-hydrogen) atoms. The van der Waals surface area contributed by atoms with Crippen LogP contribution in [-0.4, -0.2) is 46.2 Å². The maximum Gasteiger partial charge on any atom is 0.288 e. The number of pyridine rings is 1. The molecular formula is C31H28FN5O2S. The number of fused-ring (bicyclic) bond motifs is 3. The van der Waals surface area contributed by atoms with Crippen LogP contribution in [0.2, 0.25) is 0 Å². The second-order valence-corrected chi connectivity index (χ2v) is 11.4. The first-order valence-corrected chi connectivity index (χ1v) is 14.1. The van der Waals surface area contributed by atoms with E-state index in [1.54, 1.807) is 24.5 Å². The minimum atomic E-state index is -0.822. The molecule has 0 aliphatic carbocycles. The zero-order valence-electron chi connectivity index (χ0n) is 22.3. The molecule has 1 aliphatic rings. The van der Waals surface area contributed by atoms with E-state index in [0.717, 1.165) is 47.1 Å². The van der Waals surface area contributed by atoms with Crippen LogP contribution in [0.25, 0.3) is 31.7 Å². The van der Waals surface area contributed by atoms with Crippen LogP contribution >= 0.6 is 11.3 Å². The van der Waals surface area contributed by atoms with Crippen molar-refractivity contribution in [2.75, 3.05) is 26.7 Å². The Balaban J connectivity index is 1.28. The first-order valence-electron chi connectivity index (χ1n) is 13.3. The lowest BCUT2D eigenvalue weighted by molar-refractivity contribution is 0.159. The molecule has 9 heteroatoms. The van der Waals surface area contributed by atoms with Crippen molar-refractivity contribution in [2.24, 2.45) is 5.92 Å². The van der Waals surface area contributed by atoms with Crippen molar-refractivity contribution in [1.29, 1.82) is 5.26 Å². The zero-order chi connectivity index (χ0) is 27.8. The van der Waals surface area contributed by atoms with E-state index in [2.05, 4.69) is 28.0 Å². The summed E-state index contributed by atoms with van der Waals surface area (Å²) in [5.74, 6) is 0.909. The number of aromatic nitrogens is 3. The highest BCUT2D eigenvalue weighted by atomic mass is 32.1. The zero-order valence-corrected chi connectivity index (χ0v) is 23.1. The number of piperidine rings is 1. The fourth-order valence-electron chi connectivity index (χ4n) is 5.31. The number of likely N-dealkylation sites (tertiary alicyclic amines) is 1. The Morgan fingerprint density at radius 1 is 1.12 bits per heavy atom. The van der Waals surface area contributed by atoms with Crippen molar-refractivity contribution >= 4 is 31.6 Å². The molecule has 202 valence electrons. The normalized spacial score (nSPS) is 15.3. The van der Waals surface area contributed by atoms with E-state index >= 15 is 0 Å². The minimum Gasteiger partial charge on any atom is -0.490 e. The van der Waals surface area contributed by atoms with Gasteiger partial charge >= 0.3 is 0 Å². The number of nitrogens with zero attached hydrogens (tertiary/aromatic N) is 5. The summed E-state index contributed by atoms with van der Waals surface area (Å²) in [6.45, 7) is 4.73. The maximum atomic E-state index is 14.9. The third kappa shape index (κ3) is 4.96. The van der Waals surface area contributed by atoms with Gasteiger partial charge in [0.05, 0.1) is 36.7 Å². The largest absolute Gasteiger partial charge is 0.490 e. The van der Waals surface area contributed by atoms with Gasteiger partial charge in [-0.05, 0) is 81.7 Å². The Bertz CT molecular complexity index is 1800. The van der Waals surface area contributed by atoms with Crippen LogP contribution in [0.4, 0.5) is 4.39 Å². The molecule has 2 aromatic carbocycles. The lowest BCUT2D eigenvalue weighted by Crippen LogP contribution is -2.32. The number of hydrogen-bond acceptors (Lipinski definition) is 7. The van der Waals surface area contributed by atoms with Gasteiger partial charge in [0, 0.05) is 21.0 Å². The Morgan fingerprint density at radius 2 is 1.90 bits per heavy atom. The van der Waals surface area contributed by atoms with Gasteiger partial charge in [0.15, 0.2) is 17.4 Å². The molecule has 5 aromatic rings. The van der Waals surface area contributed by atoms with Gasteiger partial charge in [0.1, 0.15) is 4.83 Å². The molecular weight excluding hydrogens is 525 g/mol. The summed E-state index contributed by atoms with van der Waals surface area (Å²) in [5.41, 5.74) is 1.43. The van der Waals surface area contributed by atoms with E-state index < -0.39 is 17.4 Å². The van der Waals surface area contributed by atoms with Crippen molar-refractivity contribution < 1.29 is 9.13 Å². The molecule has 1 atom stereocenters. The lowest BCUT2D eigenvalue weighted by Gasteiger charge is -2.28. The van der Waals surface area contributed by atoms with Crippen LogP contribution in [0.5, 0.6) is 5.75 Å². The summed E-state index contributed by atoms with van der Waals surface area (Å²) in [4.78, 5) is 25.1. The summed E-state index contributed by atoms with van der Waals surface area (Å²) in [7, 11) is 2.15. The Morgan fingerprint density at radius 3 is 2.65 bits per heavy atom. The SMILES string of the molecule is CC(c1cccc(-c2ncc(OCC3CCN(C)CC3)cn2)c1)n1c(=O)c(F)cc2c3cc(C#N)ccc3sc21. The third-order valence-electron chi connectivity index (χ3n) is 7.72. The second kappa shape index (κ2) is 10.8. The number of halogens is 1. The molecule has 1 fully saturated rings. The van der Waals surface area contributed by atoms with Crippen molar-refractivity contribution in [3.8, 4) is 23.2 Å². The molecule has 0 saturated carbocycles. The third-order valence-corrected chi connectivity index (χ3v) is 8.90. The van der Waals surface area contributed by atoms with Gasteiger partial charge in [-0.25, -0.2) is 14.4 Å². The van der Waals surface area contributed by atoms with E-state index in [4.69, 9.17) is 4.74 Å². The number of benzene rings is 2. The van der Waals surface area contributed by atoms with E-state index in [1.807, 2.05) is 37.3 Å². The molecule has 1 unspecified atom stereocenters. The highest BCUT2D eigenvalue weighted by Gasteiger charge is 2.21. The monoisotopic (exact) mass is 553 g/mol. The van der Waals surface area contributed by atoms with Crippen molar-refractivity contribution in [3.05, 3.63) is 88.2 Å². The van der Waals surface area contributed by atoms with Crippen LogP contribution in [0, 0.1) is 23.1 Å². The van der Waals surface area contributed by atoms with Crippen LogP contribution in [0.15, 0.2) is 65.7 Å². The molecule has 1 aliphatic heterocycles. The molecule has 0 bridgehead atoms. The number of hydrogen-bond donors (Lipinski definition) is 0. The summed E-state index contributed by atoms with van der Waals surface area (Å²) in [6.07, 6.45) is 5.65. The van der Waals surface area contributed by atoms with Crippen LogP contribution in [-0.2, 0) is 0 Å². The summed E-state index contributed by atoms with van der Waals surface area (Å²) >= 11 is 1.42. The van der Waals surface area contributed by atoms with Crippen molar-refractivity contribution in [2.45, 2.75) is 25.8 Å². The predicted octanol–water partition coefficient (Wildman–Crippen LogP) is 6.01. The molecule has 1 saturated heterocycles. The predicted molar refractivity (Wildman–Crippen MR) is 155 cm³/mol. The fraction of sp³-hybridized carbons (Fsp3) is 0.290. The molecule has 0 radical (unpaired) electrons. The quantitative estimate of drug-likeness (QED) is 0.256. The summed E-state index contributed by atoms with van der Waals surface area (Å²) in [5, 5.41) is 10.7. The molecule has 6 rings (SSSR count). The number of ether oxygens (including phenoxy) is 1. The molecule has 0 amide bonds. The van der Waals surface area contributed by atoms with Gasteiger partial charge in [-0.3, -0.25) is 9.36 Å². The summed E-state index contributed by atoms with van der Waals surface area (Å²) in [6, 6.07) is 15.9. The van der Waals surface area contributed by atoms with Gasteiger partial charge in [-0.2, -0.15) is 5.26 Å². The molecule has 3 aromatic heterocycles. The van der Waals surface area contributed by atoms with Crippen LogP contribution < -0.4 is 10.3 Å². The van der Waals surface area contributed by atoms with E-state index in [0.29, 0.717) is 39.9 Å². The van der Waals surface area contributed by atoms with Gasteiger partial charge < -0.3 is 9.64 Å². The minimum absolute atomic E-state index is 0.453. The van der Waals surface area contributed by atoms with Gasteiger partial charge in [-0.15, -0.1) is 11.3 Å². The summed E-state index contributed by atoms with van der Waals surface area (Å²) < 4.78 is 23.3. The van der Waals surface area contributed by atoms with E-state index in [-0.39, 0.29) is 0 Å². The average molecular weight is 554 g/mol. The Labute approximate surface area is 235 Å². The highest BCUT2D eigenvalue weighted by Crippen LogP contribution is 2.36. The van der Waals surface area contributed by atoms with Gasteiger partial charge in [0.25, 0.3) is 5.56 Å². The first kappa shape index (κ1) is 26.1. The molecule has 4 heterocycles. The fourth-order valence-corrected chi connectivity index (χ4v) is 6.55. The Kier molecular flexibility index (Phi) is 7.05. The highest BCUT2D eigenvalue weighted by molar-refractivity contribution is 7.25. The Hall–Kier alpha value is -4.13. The van der Waals surface area contributed by atoms with Gasteiger partial charge in [-0.1, -0.05) is 18.2 Å². The second-order valence-electron chi connectivity index (χ2n) is 10.4. The van der Waals surface area contributed by atoms with Crippen LogP contribution in [0.1, 0.15) is 36.9 Å². The van der Waals surface area contributed by atoms with E-state index in [1.165, 1.54) is 22.0 Å². The standard InChI is InChI=1S/C31H28FN5O2S/c1-19(37-30(38)27(32)14-26-25-12-21(15-33)6-7-28(25)40-31(26)37)22-4-3-5-23(13-22)29-34-16-24(17-35-29)39-18-20-8-10-36(2)11-9-20/h3-7,12-14,16-17,19-20H,8-11,18H2,1-2H3. The topological polar surface area (TPSA) is 84.0 Å². The average Bonchev–Trinajstić information content (AvgIpc) is 3.34. The van der Waals surface area contributed by atoms with E-state index in [9.17, 15) is 14.4 Å². The number of thiophene rings is 1. The molecule has 7 nitrogen and oxygen atoms in total. The first-order chi connectivity index (χ1) is 19.4. The van der Waals surface area contributed by atoms with Crippen LogP contribution in [0.3, 0.4) is 0 Å².